The Kier molecular flexibility index (Phi) is 4.70. The summed E-state index contributed by atoms with van der Waals surface area (Å²) >= 11 is 0. The van der Waals surface area contributed by atoms with E-state index in [0.29, 0.717) is 12.1 Å². The van der Waals surface area contributed by atoms with Crippen LogP contribution < -0.4 is 5.73 Å². The van der Waals surface area contributed by atoms with Crippen molar-refractivity contribution in [3.05, 3.63) is 0 Å². The number of ether oxygens (including phenoxy) is 1. The van der Waals surface area contributed by atoms with Gasteiger partial charge in [0, 0.05) is 18.7 Å². The van der Waals surface area contributed by atoms with Gasteiger partial charge in [-0.25, -0.2) is 0 Å². The van der Waals surface area contributed by atoms with E-state index in [1.807, 2.05) is 0 Å². The van der Waals surface area contributed by atoms with Gasteiger partial charge in [-0.15, -0.1) is 0 Å². The summed E-state index contributed by atoms with van der Waals surface area (Å²) in [5, 5.41) is 0. The van der Waals surface area contributed by atoms with Gasteiger partial charge in [-0.05, 0) is 26.4 Å². The lowest BCUT2D eigenvalue weighted by atomic mass is 10.0. The first-order chi connectivity index (χ1) is 6.25. The van der Waals surface area contributed by atoms with Gasteiger partial charge in [0.05, 0.1) is 6.61 Å². The predicted octanol–water partition coefficient (Wildman–Crippen LogP) is 0.835. The van der Waals surface area contributed by atoms with Crippen LogP contribution in [-0.2, 0) is 4.74 Å². The molecule has 2 N–H and O–H groups in total. The molecule has 2 atom stereocenters. The molecule has 1 saturated heterocycles. The first-order valence-corrected chi connectivity index (χ1v) is 5.29. The van der Waals surface area contributed by atoms with Crippen molar-refractivity contribution in [1.82, 2.24) is 4.90 Å². The second kappa shape index (κ2) is 5.58. The maximum Gasteiger partial charge on any atom is 0.0636 e. The standard InChI is InChI=1S/C10H22N2O/c1-3-4-6-12(2)10-8-13-7-5-9(10)11/h9-10H,3-8,11H2,1-2H3. The molecule has 3 nitrogen and oxygen atoms in total. The summed E-state index contributed by atoms with van der Waals surface area (Å²) in [5.41, 5.74) is 6.03. The molecule has 0 aromatic rings. The largest absolute Gasteiger partial charge is 0.380 e. The molecule has 1 aliphatic heterocycles. The van der Waals surface area contributed by atoms with E-state index in [4.69, 9.17) is 10.5 Å². The average Bonchev–Trinajstić information content (AvgIpc) is 2.15. The van der Waals surface area contributed by atoms with E-state index in [0.717, 1.165) is 26.2 Å². The summed E-state index contributed by atoms with van der Waals surface area (Å²) in [5.74, 6) is 0. The van der Waals surface area contributed by atoms with Gasteiger partial charge in [-0.2, -0.15) is 0 Å². The molecule has 0 aromatic carbocycles. The first kappa shape index (κ1) is 11.0. The Balaban J connectivity index is 2.30. The van der Waals surface area contributed by atoms with E-state index in [-0.39, 0.29) is 0 Å². The van der Waals surface area contributed by atoms with Crippen molar-refractivity contribution in [2.75, 3.05) is 26.8 Å². The third-order valence-electron chi connectivity index (χ3n) is 2.81. The SMILES string of the molecule is CCCCN(C)C1COCCC1N. The van der Waals surface area contributed by atoms with Crippen LogP contribution in [0.3, 0.4) is 0 Å². The molecule has 0 spiro atoms. The van der Waals surface area contributed by atoms with Gasteiger partial charge in [0.25, 0.3) is 0 Å². The summed E-state index contributed by atoms with van der Waals surface area (Å²) in [6.45, 7) is 4.99. The topological polar surface area (TPSA) is 38.5 Å². The minimum absolute atomic E-state index is 0.301. The molecule has 13 heavy (non-hydrogen) atoms. The average molecular weight is 186 g/mol. The van der Waals surface area contributed by atoms with Gasteiger partial charge in [0.2, 0.25) is 0 Å². The Labute approximate surface area is 81.2 Å². The highest BCUT2D eigenvalue weighted by Crippen LogP contribution is 2.11. The fourth-order valence-electron chi connectivity index (χ4n) is 1.77. The fraction of sp³-hybridized carbons (Fsp3) is 1.00. The zero-order chi connectivity index (χ0) is 9.68. The molecule has 1 aliphatic rings. The number of likely N-dealkylation sites (N-methyl/N-ethyl adjacent to an activating group) is 1. The maximum atomic E-state index is 6.03. The molecule has 0 saturated carbocycles. The Morgan fingerprint density at radius 3 is 2.92 bits per heavy atom. The summed E-state index contributed by atoms with van der Waals surface area (Å²) in [4.78, 5) is 2.34. The van der Waals surface area contributed by atoms with Crippen LogP contribution in [0.15, 0.2) is 0 Å². The van der Waals surface area contributed by atoms with Crippen LogP contribution in [0.4, 0.5) is 0 Å². The highest BCUT2D eigenvalue weighted by Gasteiger charge is 2.25. The maximum absolute atomic E-state index is 6.03. The molecule has 2 unspecified atom stereocenters. The van der Waals surface area contributed by atoms with Gasteiger partial charge in [-0.1, -0.05) is 13.3 Å². The Bertz CT molecular complexity index is 141. The minimum atomic E-state index is 0.301. The minimum Gasteiger partial charge on any atom is -0.380 e. The first-order valence-electron chi connectivity index (χ1n) is 5.29. The van der Waals surface area contributed by atoms with Crippen molar-refractivity contribution in [3.63, 3.8) is 0 Å². The Hall–Kier alpha value is -0.120. The van der Waals surface area contributed by atoms with Crippen LogP contribution in [0.25, 0.3) is 0 Å². The quantitative estimate of drug-likeness (QED) is 0.707. The summed E-state index contributed by atoms with van der Waals surface area (Å²) in [6, 6.07) is 0.732. The predicted molar refractivity (Wildman–Crippen MR) is 54.7 cm³/mol. The van der Waals surface area contributed by atoms with Crippen LogP contribution >= 0.6 is 0 Å². The second-order valence-corrected chi connectivity index (χ2v) is 3.93. The number of hydrogen-bond acceptors (Lipinski definition) is 3. The number of hydrogen-bond donors (Lipinski definition) is 1. The van der Waals surface area contributed by atoms with Gasteiger partial charge in [0.15, 0.2) is 0 Å². The van der Waals surface area contributed by atoms with Crippen LogP contribution in [0.2, 0.25) is 0 Å². The fourth-order valence-corrected chi connectivity index (χ4v) is 1.77. The van der Waals surface area contributed by atoms with E-state index in [2.05, 4.69) is 18.9 Å². The van der Waals surface area contributed by atoms with E-state index < -0.39 is 0 Å². The van der Waals surface area contributed by atoms with E-state index in [9.17, 15) is 0 Å². The van der Waals surface area contributed by atoms with Crippen molar-refractivity contribution in [3.8, 4) is 0 Å². The molecule has 0 bridgehead atoms. The molecule has 78 valence electrons. The van der Waals surface area contributed by atoms with E-state index in [1.54, 1.807) is 0 Å². The highest BCUT2D eigenvalue weighted by atomic mass is 16.5. The zero-order valence-electron chi connectivity index (χ0n) is 8.83. The van der Waals surface area contributed by atoms with Gasteiger partial charge >= 0.3 is 0 Å². The second-order valence-electron chi connectivity index (χ2n) is 3.93. The van der Waals surface area contributed by atoms with E-state index >= 15 is 0 Å². The smallest absolute Gasteiger partial charge is 0.0636 e. The lowest BCUT2D eigenvalue weighted by molar-refractivity contribution is 0.0150. The molecule has 3 heteroatoms. The molecule has 1 rings (SSSR count). The molecule has 1 heterocycles. The summed E-state index contributed by atoms with van der Waals surface area (Å²) < 4.78 is 5.43. The Morgan fingerprint density at radius 1 is 1.54 bits per heavy atom. The normalized spacial score (nSPS) is 29.5. The van der Waals surface area contributed by atoms with E-state index in [1.165, 1.54) is 12.8 Å². The number of unbranched alkanes of at least 4 members (excludes halogenated alkanes) is 1. The van der Waals surface area contributed by atoms with Crippen molar-refractivity contribution in [1.29, 1.82) is 0 Å². The molecule has 0 aliphatic carbocycles. The van der Waals surface area contributed by atoms with Crippen LogP contribution in [0.1, 0.15) is 26.2 Å². The van der Waals surface area contributed by atoms with Crippen LogP contribution in [0, 0.1) is 0 Å². The molecular weight excluding hydrogens is 164 g/mol. The van der Waals surface area contributed by atoms with Gasteiger partial charge in [0.1, 0.15) is 0 Å². The van der Waals surface area contributed by atoms with Crippen LogP contribution in [0.5, 0.6) is 0 Å². The van der Waals surface area contributed by atoms with Crippen LogP contribution in [-0.4, -0.2) is 43.8 Å². The lowest BCUT2D eigenvalue weighted by Crippen LogP contribution is -2.52. The Morgan fingerprint density at radius 2 is 2.31 bits per heavy atom. The number of nitrogens with zero attached hydrogens (tertiary/aromatic N) is 1. The lowest BCUT2D eigenvalue weighted by Gasteiger charge is -2.35. The highest BCUT2D eigenvalue weighted by molar-refractivity contribution is 4.83. The molecule has 0 aromatic heterocycles. The van der Waals surface area contributed by atoms with Crippen molar-refractivity contribution in [2.45, 2.75) is 38.3 Å². The van der Waals surface area contributed by atoms with Crippen molar-refractivity contribution in [2.24, 2.45) is 5.73 Å². The monoisotopic (exact) mass is 186 g/mol. The molecule has 1 fully saturated rings. The number of rotatable bonds is 4. The van der Waals surface area contributed by atoms with Crippen molar-refractivity contribution >= 4 is 0 Å². The van der Waals surface area contributed by atoms with Gasteiger partial charge < -0.3 is 10.5 Å². The molecular formula is C10H22N2O. The number of nitrogens with two attached hydrogens (primary N) is 1. The third-order valence-corrected chi connectivity index (χ3v) is 2.81. The molecule has 0 radical (unpaired) electrons. The third kappa shape index (κ3) is 3.25. The zero-order valence-corrected chi connectivity index (χ0v) is 8.83. The summed E-state index contributed by atoms with van der Waals surface area (Å²) in [7, 11) is 2.15. The molecule has 0 amide bonds. The van der Waals surface area contributed by atoms with Gasteiger partial charge in [-0.3, -0.25) is 4.90 Å². The van der Waals surface area contributed by atoms with Crippen molar-refractivity contribution < 1.29 is 4.74 Å². The summed E-state index contributed by atoms with van der Waals surface area (Å²) in [6.07, 6.45) is 3.49.